The van der Waals surface area contributed by atoms with Gasteiger partial charge in [-0.05, 0) is 20.3 Å². The van der Waals surface area contributed by atoms with E-state index in [4.69, 9.17) is 14.5 Å². The number of ether oxygens (including phenoxy) is 1. The second kappa shape index (κ2) is 3.91. The molecule has 1 unspecified atom stereocenters. The Labute approximate surface area is 61.2 Å². The zero-order chi connectivity index (χ0) is 7.40. The van der Waals surface area contributed by atoms with Crippen molar-refractivity contribution < 1.29 is 14.5 Å². The minimum atomic E-state index is -0.145. The quantitative estimate of drug-likeness (QED) is 0.552. The van der Waals surface area contributed by atoms with E-state index in [0.29, 0.717) is 6.61 Å². The molecule has 1 aliphatic heterocycles. The highest BCUT2D eigenvalue weighted by Crippen LogP contribution is 2.12. The molecule has 1 saturated heterocycles. The monoisotopic (exact) mass is 146 g/mol. The molecule has 0 N–H and O–H groups in total. The molecular formula is C7H14O3. The van der Waals surface area contributed by atoms with Crippen LogP contribution in [-0.2, 0) is 14.5 Å². The smallest absolute Gasteiger partial charge is 0.191 e. The van der Waals surface area contributed by atoms with Crippen LogP contribution in [0.5, 0.6) is 0 Å². The molecule has 0 aromatic carbocycles. The first-order valence-electron chi connectivity index (χ1n) is 3.73. The van der Waals surface area contributed by atoms with Crippen molar-refractivity contribution in [2.75, 3.05) is 6.61 Å². The average molecular weight is 146 g/mol. The summed E-state index contributed by atoms with van der Waals surface area (Å²) in [6, 6.07) is 0. The summed E-state index contributed by atoms with van der Waals surface area (Å²) >= 11 is 0. The van der Waals surface area contributed by atoms with Gasteiger partial charge in [-0.1, -0.05) is 0 Å². The molecule has 1 heterocycles. The fourth-order valence-electron chi connectivity index (χ4n) is 0.875. The highest BCUT2D eigenvalue weighted by Gasteiger charge is 2.16. The third kappa shape index (κ3) is 2.64. The van der Waals surface area contributed by atoms with Crippen LogP contribution in [0, 0.1) is 0 Å². The third-order valence-corrected chi connectivity index (χ3v) is 1.27. The average Bonchev–Trinajstić information content (AvgIpc) is 1.88. The summed E-state index contributed by atoms with van der Waals surface area (Å²) in [5.74, 6) is 0. The van der Waals surface area contributed by atoms with E-state index in [1.165, 1.54) is 0 Å². The Morgan fingerprint density at radius 3 is 2.80 bits per heavy atom. The first-order valence-corrected chi connectivity index (χ1v) is 3.73. The van der Waals surface area contributed by atoms with Crippen LogP contribution in [0.4, 0.5) is 0 Å². The zero-order valence-electron chi connectivity index (χ0n) is 6.50. The van der Waals surface area contributed by atoms with E-state index in [2.05, 4.69) is 0 Å². The van der Waals surface area contributed by atoms with Gasteiger partial charge in [0, 0.05) is 6.42 Å². The molecular weight excluding hydrogens is 132 g/mol. The maximum atomic E-state index is 5.34. The summed E-state index contributed by atoms with van der Waals surface area (Å²) in [4.78, 5) is 9.62. The predicted molar refractivity (Wildman–Crippen MR) is 36.3 cm³/mol. The van der Waals surface area contributed by atoms with Crippen molar-refractivity contribution in [2.24, 2.45) is 0 Å². The largest absolute Gasteiger partial charge is 0.347 e. The van der Waals surface area contributed by atoms with Gasteiger partial charge in [0.2, 0.25) is 0 Å². The maximum absolute atomic E-state index is 5.34. The fourth-order valence-corrected chi connectivity index (χ4v) is 0.875. The Morgan fingerprint density at radius 2 is 2.30 bits per heavy atom. The van der Waals surface area contributed by atoms with Gasteiger partial charge in [-0.2, -0.15) is 0 Å². The second-order valence-electron chi connectivity index (χ2n) is 2.67. The Hall–Kier alpha value is -0.120. The first-order chi connectivity index (χ1) is 4.79. The summed E-state index contributed by atoms with van der Waals surface area (Å²) in [7, 11) is 0. The highest BCUT2D eigenvalue weighted by atomic mass is 17.2. The summed E-state index contributed by atoms with van der Waals surface area (Å²) in [6.07, 6.45) is 2.04. The lowest BCUT2D eigenvalue weighted by molar-refractivity contribution is -0.403. The van der Waals surface area contributed by atoms with Gasteiger partial charge in [-0.3, -0.25) is 0 Å². The van der Waals surface area contributed by atoms with Gasteiger partial charge >= 0.3 is 0 Å². The minimum absolute atomic E-state index is 0.145. The molecule has 0 aliphatic carbocycles. The molecule has 3 heteroatoms. The lowest BCUT2D eigenvalue weighted by Crippen LogP contribution is -2.25. The molecule has 0 aromatic rings. The van der Waals surface area contributed by atoms with Crippen LogP contribution in [0.1, 0.15) is 26.7 Å². The molecule has 0 amide bonds. The number of hydrogen-bond donors (Lipinski definition) is 0. The van der Waals surface area contributed by atoms with Crippen molar-refractivity contribution in [3.63, 3.8) is 0 Å². The standard InChI is InChI=1S/C7H14O3/c1-6(2)9-7-4-3-5-8-10-7/h6-7H,3-5H2,1-2H3. The Morgan fingerprint density at radius 1 is 1.50 bits per heavy atom. The molecule has 3 nitrogen and oxygen atoms in total. The van der Waals surface area contributed by atoms with Crippen LogP contribution in [0.15, 0.2) is 0 Å². The van der Waals surface area contributed by atoms with Crippen LogP contribution >= 0.6 is 0 Å². The van der Waals surface area contributed by atoms with Gasteiger partial charge in [0.05, 0.1) is 12.7 Å². The van der Waals surface area contributed by atoms with E-state index in [9.17, 15) is 0 Å². The molecule has 1 aliphatic rings. The maximum Gasteiger partial charge on any atom is 0.191 e. The Kier molecular flexibility index (Phi) is 3.12. The third-order valence-electron chi connectivity index (χ3n) is 1.27. The topological polar surface area (TPSA) is 27.7 Å². The molecule has 0 saturated carbocycles. The number of hydrogen-bond acceptors (Lipinski definition) is 3. The Balaban J connectivity index is 2.13. The van der Waals surface area contributed by atoms with Crippen molar-refractivity contribution in [1.82, 2.24) is 0 Å². The van der Waals surface area contributed by atoms with Crippen molar-refractivity contribution >= 4 is 0 Å². The van der Waals surface area contributed by atoms with Crippen molar-refractivity contribution in [1.29, 1.82) is 0 Å². The molecule has 1 rings (SSSR count). The van der Waals surface area contributed by atoms with Crippen LogP contribution in [0.25, 0.3) is 0 Å². The van der Waals surface area contributed by atoms with Crippen LogP contribution in [-0.4, -0.2) is 19.0 Å². The molecule has 0 aromatic heterocycles. The lowest BCUT2D eigenvalue weighted by Gasteiger charge is -2.22. The van der Waals surface area contributed by atoms with Gasteiger partial charge in [0.1, 0.15) is 0 Å². The second-order valence-corrected chi connectivity index (χ2v) is 2.67. The molecule has 0 radical (unpaired) electrons. The van der Waals surface area contributed by atoms with Crippen molar-refractivity contribution in [3.05, 3.63) is 0 Å². The zero-order valence-corrected chi connectivity index (χ0v) is 6.50. The Bertz CT molecular complexity index is 86.9. The molecule has 60 valence electrons. The van der Waals surface area contributed by atoms with Gasteiger partial charge in [0.25, 0.3) is 0 Å². The van der Waals surface area contributed by atoms with E-state index in [1.807, 2.05) is 13.8 Å². The van der Waals surface area contributed by atoms with Gasteiger partial charge in [-0.15, -0.1) is 0 Å². The van der Waals surface area contributed by atoms with Crippen molar-refractivity contribution in [3.8, 4) is 0 Å². The van der Waals surface area contributed by atoms with Gasteiger partial charge in [-0.25, -0.2) is 9.78 Å². The van der Waals surface area contributed by atoms with E-state index in [-0.39, 0.29) is 12.4 Å². The predicted octanol–water partition coefficient (Wildman–Crippen LogP) is 1.48. The van der Waals surface area contributed by atoms with E-state index >= 15 is 0 Å². The molecule has 10 heavy (non-hydrogen) atoms. The molecule has 1 atom stereocenters. The van der Waals surface area contributed by atoms with Gasteiger partial charge < -0.3 is 4.74 Å². The summed E-state index contributed by atoms with van der Waals surface area (Å²) in [5.41, 5.74) is 0. The first kappa shape index (κ1) is 7.98. The molecule has 0 bridgehead atoms. The van der Waals surface area contributed by atoms with Crippen LogP contribution in [0.2, 0.25) is 0 Å². The normalized spacial score (nSPS) is 27.3. The summed E-state index contributed by atoms with van der Waals surface area (Å²) in [6.45, 7) is 4.66. The van der Waals surface area contributed by atoms with Crippen LogP contribution in [0.3, 0.4) is 0 Å². The van der Waals surface area contributed by atoms with E-state index in [0.717, 1.165) is 12.8 Å². The minimum Gasteiger partial charge on any atom is -0.347 e. The SMILES string of the molecule is CC(C)OC1CCCOO1. The fraction of sp³-hybridized carbons (Fsp3) is 1.00. The lowest BCUT2D eigenvalue weighted by atomic mass is 10.3. The van der Waals surface area contributed by atoms with E-state index in [1.54, 1.807) is 0 Å². The summed E-state index contributed by atoms with van der Waals surface area (Å²) in [5, 5.41) is 0. The number of rotatable bonds is 2. The molecule has 0 spiro atoms. The van der Waals surface area contributed by atoms with Crippen LogP contribution < -0.4 is 0 Å². The molecule has 1 fully saturated rings. The van der Waals surface area contributed by atoms with E-state index < -0.39 is 0 Å². The van der Waals surface area contributed by atoms with Crippen molar-refractivity contribution in [2.45, 2.75) is 39.1 Å². The van der Waals surface area contributed by atoms with Gasteiger partial charge in [0.15, 0.2) is 6.29 Å². The summed E-state index contributed by atoms with van der Waals surface area (Å²) < 4.78 is 5.34. The highest BCUT2D eigenvalue weighted by molar-refractivity contribution is 4.49.